The lowest BCUT2D eigenvalue weighted by atomic mass is 9.76. The van der Waals surface area contributed by atoms with Crippen LogP contribution in [0.1, 0.15) is 39.5 Å². The number of quaternary nitrogens is 1. The smallest absolute Gasteiger partial charge is 0.0915 e. The molecule has 2 atom stereocenters. The predicted molar refractivity (Wildman–Crippen MR) is 58.6 cm³/mol. The first-order chi connectivity index (χ1) is 5.93. The molecule has 14 heavy (non-hydrogen) atoms. The Morgan fingerprint density at radius 1 is 1.00 bits per heavy atom. The summed E-state index contributed by atoms with van der Waals surface area (Å²) in [5, 5.41) is 0. The fourth-order valence-corrected chi connectivity index (χ4v) is 2.88. The number of nitrogens with zero attached hydrogens (tertiary/aromatic N) is 1. The molecule has 0 spiro atoms. The Balaban J connectivity index is 0.00000169. The van der Waals surface area contributed by atoms with Gasteiger partial charge in [0.1, 0.15) is 0 Å². The van der Waals surface area contributed by atoms with Crippen molar-refractivity contribution in [1.82, 2.24) is 0 Å². The third kappa shape index (κ3) is 3.69. The summed E-state index contributed by atoms with van der Waals surface area (Å²) < 4.78 is 1.16. The first kappa shape index (κ1) is 14.7. The highest BCUT2D eigenvalue weighted by Crippen LogP contribution is 2.34. The van der Waals surface area contributed by atoms with E-state index in [9.17, 15) is 0 Å². The normalized spacial score (nSPS) is 28.7. The minimum absolute atomic E-state index is 0. The van der Waals surface area contributed by atoms with Gasteiger partial charge in [0, 0.05) is 5.92 Å². The third-order valence-electron chi connectivity index (χ3n) is 3.63. The topological polar surface area (TPSA) is 0 Å². The Hall–Kier alpha value is 0.690. The zero-order valence-electron chi connectivity index (χ0n) is 10.4. The van der Waals surface area contributed by atoms with Crippen LogP contribution >= 0.6 is 0 Å². The number of rotatable bonds is 2. The van der Waals surface area contributed by atoms with Gasteiger partial charge in [-0.05, 0) is 25.2 Å². The first-order valence-electron chi connectivity index (χ1n) is 5.74. The van der Waals surface area contributed by atoms with E-state index in [2.05, 4.69) is 35.0 Å². The summed E-state index contributed by atoms with van der Waals surface area (Å²) in [6, 6.07) is 0.897. The highest BCUT2D eigenvalue weighted by molar-refractivity contribution is 4.78. The van der Waals surface area contributed by atoms with Crippen molar-refractivity contribution < 1.29 is 28.5 Å². The molecule has 0 radical (unpaired) electrons. The van der Waals surface area contributed by atoms with Crippen LogP contribution in [0.2, 0.25) is 0 Å². The molecule has 86 valence electrons. The van der Waals surface area contributed by atoms with Gasteiger partial charge < -0.3 is 28.5 Å². The van der Waals surface area contributed by atoms with E-state index in [4.69, 9.17) is 0 Å². The average molecular weight is 311 g/mol. The molecular formula is C12H26IN. The molecule has 0 amide bonds. The monoisotopic (exact) mass is 311 g/mol. The van der Waals surface area contributed by atoms with Crippen molar-refractivity contribution in [3.8, 4) is 0 Å². The quantitative estimate of drug-likeness (QED) is 0.494. The van der Waals surface area contributed by atoms with Gasteiger partial charge in [0.05, 0.1) is 27.2 Å². The van der Waals surface area contributed by atoms with Gasteiger partial charge in [0.15, 0.2) is 0 Å². The van der Waals surface area contributed by atoms with Gasteiger partial charge >= 0.3 is 0 Å². The summed E-state index contributed by atoms with van der Waals surface area (Å²) in [6.45, 7) is 4.78. The highest BCUT2D eigenvalue weighted by atomic mass is 127. The fourth-order valence-electron chi connectivity index (χ4n) is 2.88. The maximum Gasteiger partial charge on any atom is 0.0915 e. The van der Waals surface area contributed by atoms with Crippen LogP contribution in [-0.2, 0) is 0 Å². The summed E-state index contributed by atoms with van der Waals surface area (Å²) in [5.41, 5.74) is 0. The fraction of sp³-hybridized carbons (Fsp3) is 1.00. The van der Waals surface area contributed by atoms with Gasteiger partial charge in [-0.25, -0.2) is 0 Å². The van der Waals surface area contributed by atoms with Gasteiger partial charge in [0.2, 0.25) is 0 Å². The van der Waals surface area contributed by atoms with Crippen LogP contribution in [-0.4, -0.2) is 31.7 Å². The van der Waals surface area contributed by atoms with Crippen LogP contribution in [0.25, 0.3) is 0 Å². The number of hydrogen-bond donors (Lipinski definition) is 0. The van der Waals surface area contributed by atoms with E-state index in [1.807, 2.05) is 0 Å². The van der Waals surface area contributed by atoms with Crippen LogP contribution in [0.4, 0.5) is 0 Å². The lowest BCUT2D eigenvalue weighted by molar-refractivity contribution is -0.902. The van der Waals surface area contributed by atoms with Crippen molar-refractivity contribution in [3.63, 3.8) is 0 Å². The SMILES string of the molecule is CC(C)[C@H]1CCCC[C@@H]1[N+](C)(C)C.[I-]. The molecule has 1 nitrogen and oxygen atoms in total. The van der Waals surface area contributed by atoms with Gasteiger partial charge in [-0.3, -0.25) is 0 Å². The minimum atomic E-state index is 0. The van der Waals surface area contributed by atoms with E-state index < -0.39 is 0 Å². The zero-order valence-corrected chi connectivity index (χ0v) is 12.5. The van der Waals surface area contributed by atoms with E-state index in [0.717, 1.165) is 22.4 Å². The van der Waals surface area contributed by atoms with Crippen LogP contribution in [0, 0.1) is 11.8 Å². The molecule has 0 aromatic heterocycles. The molecule has 0 aromatic carbocycles. The molecule has 0 aliphatic heterocycles. The molecule has 0 aromatic rings. The standard InChI is InChI=1S/C12H26N.HI/c1-10(2)11-8-6-7-9-12(11)13(3,4)5;/h10-12H,6-9H2,1-5H3;1H/q+1;/p-1/t11-,12+;/m1./s1. The molecule has 0 unspecified atom stereocenters. The minimum Gasteiger partial charge on any atom is -1.00 e. The number of halogens is 1. The Labute approximate surface area is 107 Å². The largest absolute Gasteiger partial charge is 1.00 e. The van der Waals surface area contributed by atoms with Crippen LogP contribution in [0.15, 0.2) is 0 Å². The Morgan fingerprint density at radius 3 is 1.86 bits per heavy atom. The molecule has 1 saturated carbocycles. The van der Waals surface area contributed by atoms with Crippen molar-refractivity contribution in [1.29, 1.82) is 0 Å². The molecule has 0 N–H and O–H groups in total. The Morgan fingerprint density at radius 2 is 1.50 bits per heavy atom. The Kier molecular flexibility index (Phi) is 5.97. The van der Waals surface area contributed by atoms with Crippen LogP contribution in [0.3, 0.4) is 0 Å². The van der Waals surface area contributed by atoms with Gasteiger partial charge in [-0.15, -0.1) is 0 Å². The molecule has 1 aliphatic rings. The summed E-state index contributed by atoms with van der Waals surface area (Å²) in [5.74, 6) is 1.82. The highest BCUT2D eigenvalue weighted by Gasteiger charge is 2.36. The van der Waals surface area contributed by atoms with E-state index in [1.54, 1.807) is 0 Å². The average Bonchev–Trinajstić information content (AvgIpc) is 2.03. The molecule has 0 bridgehead atoms. The molecule has 0 heterocycles. The third-order valence-corrected chi connectivity index (χ3v) is 3.63. The predicted octanol–water partition coefficient (Wildman–Crippen LogP) is -0.0886. The van der Waals surface area contributed by atoms with Crippen molar-refractivity contribution in [2.75, 3.05) is 21.1 Å². The second kappa shape index (κ2) is 5.69. The maximum absolute atomic E-state index is 2.39. The molecule has 2 heteroatoms. The van der Waals surface area contributed by atoms with Crippen molar-refractivity contribution in [3.05, 3.63) is 0 Å². The summed E-state index contributed by atoms with van der Waals surface area (Å²) >= 11 is 0. The van der Waals surface area contributed by atoms with E-state index >= 15 is 0 Å². The number of hydrogen-bond acceptors (Lipinski definition) is 0. The molecule has 1 fully saturated rings. The second-order valence-electron chi connectivity index (χ2n) is 5.88. The maximum atomic E-state index is 2.39. The van der Waals surface area contributed by atoms with Crippen molar-refractivity contribution in [2.45, 2.75) is 45.6 Å². The van der Waals surface area contributed by atoms with Gasteiger partial charge in [-0.2, -0.15) is 0 Å². The summed E-state index contributed by atoms with van der Waals surface area (Å²) in [6.07, 6.45) is 5.80. The van der Waals surface area contributed by atoms with E-state index in [0.29, 0.717) is 0 Å². The molecular weight excluding hydrogens is 285 g/mol. The van der Waals surface area contributed by atoms with Gasteiger partial charge in [-0.1, -0.05) is 20.3 Å². The van der Waals surface area contributed by atoms with Crippen LogP contribution < -0.4 is 24.0 Å². The molecule has 0 saturated heterocycles. The van der Waals surface area contributed by atoms with Crippen molar-refractivity contribution >= 4 is 0 Å². The second-order valence-corrected chi connectivity index (χ2v) is 5.88. The van der Waals surface area contributed by atoms with Gasteiger partial charge in [0.25, 0.3) is 0 Å². The molecule has 1 aliphatic carbocycles. The zero-order chi connectivity index (χ0) is 10.1. The molecule has 1 rings (SSSR count). The first-order valence-corrected chi connectivity index (χ1v) is 5.74. The Bertz CT molecular complexity index is 160. The van der Waals surface area contributed by atoms with E-state index in [-0.39, 0.29) is 24.0 Å². The lowest BCUT2D eigenvalue weighted by Crippen LogP contribution is -3.00. The summed E-state index contributed by atoms with van der Waals surface area (Å²) in [7, 11) is 7.06. The van der Waals surface area contributed by atoms with E-state index in [1.165, 1.54) is 25.7 Å². The van der Waals surface area contributed by atoms with Crippen molar-refractivity contribution in [2.24, 2.45) is 11.8 Å². The summed E-state index contributed by atoms with van der Waals surface area (Å²) in [4.78, 5) is 0. The lowest BCUT2D eigenvalue weighted by Gasteiger charge is -2.43. The van der Waals surface area contributed by atoms with Crippen LogP contribution in [0.5, 0.6) is 0 Å².